The molecule has 1 heterocycles. The van der Waals surface area contributed by atoms with Crippen LogP contribution in [-0.2, 0) is 0 Å². The maximum atomic E-state index is 6.36. The Morgan fingerprint density at radius 1 is 1.33 bits per heavy atom. The lowest BCUT2D eigenvalue weighted by Crippen LogP contribution is -2.10. The molecule has 0 fully saturated rings. The lowest BCUT2D eigenvalue weighted by atomic mass is 9.98. The van der Waals surface area contributed by atoms with Crippen molar-refractivity contribution in [3.63, 3.8) is 0 Å². The van der Waals surface area contributed by atoms with Crippen LogP contribution >= 0.6 is 11.6 Å². The zero-order valence-electron chi connectivity index (χ0n) is 9.62. The van der Waals surface area contributed by atoms with Gasteiger partial charge in [-0.3, -0.25) is 4.98 Å². The van der Waals surface area contributed by atoms with Crippen molar-refractivity contribution in [3.8, 4) is 0 Å². The highest BCUT2D eigenvalue weighted by Gasteiger charge is 2.16. The molecule has 0 aliphatic rings. The Kier molecular flexibility index (Phi) is 5.70. The summed E-state index contributed by atoms with van der Waals surface area (Å²) in [5, 5.41) is 0.214. The van der Waals surface area contributed by atoms with E-state index in [4.69, 9.17) is 11.6 Å². The van der Waals surface area contributed by atoms with Crippen LogP contribution in [0.1, 0.15) is 51.1 Å². The molecule has 1 rings (SSSR count). The predicted octanol–water partition coefficient (Wildman–Crippen LogP) is 4.37. The molecule has 0 spiro atoms. The van der Waals surface area contributed by atoms with Crippen LogP contribution in [0.25, 0.3) is 0 Å². The van der Waals surface area contributed by atoms with E-state index in [1.807, 2.05) is 18.3 Å². The van der Waals surface area contributed by atoms with Crippen LogP contribution in [0.2, 0.25) is 0 Å². The minimum Gasteiger partial charge on any atom is -0.261 e. The predicted molar refractivity (Wildman–Crippen MR) is 66.4 cm³/mol. The molecule has 15 heavy (non-hydrogen) atoms. The average molecular weight is 226 g/mol. The van der Waals surface area contributed by atoms with Gasteiger partial charge in [0.05, 0.1) is 0 Å². The summed E-state index contributed by atoms with van der Waals surface area (Å²) in [5.41, 5.74) is 1.11. The summed E-state index contributed by atoms with van der Waals surface area (Å²) in [7, 11) is 0. The van der Waals surface area contributed by atoms with E-state index in [9.17, 15) is 0 Å². The number of hydrogen-bond acceptors (Lipinski definition) is 1. The van der Waals surface area contributed by atoms with E-state index >= 15 is 0 Å². The average Bonchev–Trinajstić information content (AvgIpc) is 2.29. The second kappa shape index (κ2) is 6.84. The Balaban J connectivity index is 2.42. The molecule has 0 saturated heterocycles. The molecule has 1 nitrogen and oxygen atoms in total. The van der Waals surface area contributed by atoms with Crippen LogP contribution < -0.4 is 0 Å². The Hall–Kier alpha value is -0.560. The second-order valence-electron chi connectivity index (χ2n) is 4.06. The number of nitrogens with zero attached hydrogens (tertiary/aromatic N) is 1. The summed E-state index contributed by atoms with van der Waals surface area (Å²) in [6.45, 7) is 4.37. The van der Waals surface area contributed by atoms with Gasteiger partial charge in [0.2, 0.25) is 0 Å². The molecule has 84 valence electrons. The maximum Gasteiger partial charge on any atom is 0.0446 e. The summed E-state index contributed by atoms with van der Waals surface area (Å²) >= 11 is 6.36. The van der Waals surface area contributed by atoms with Crippen molar-refractivity contribution < 1.29 is 0 Å². The summed E-state index contributed by atoms with van der Waals surface area (Å²) < 4.78 is 0. The topological polar surface area (TPSA) is 12.9 Å². The van der Waals surface area contributed by atoms with E-state index in [0.29, 0.717) is 5.92 Å². The van der Waals surface area contributed by atoms with E-state index in [0.717, 1.165) is 12.1 Å². The first-order valence-corrected chi connectivity index (χ1v) is 6.24. The van der Waals surface area contributed by atoms with Gasteiger partial charge < -0.3 is 0 Å². The van der Waals surface area contributed by atoms with E-state index < -0.39 is 0 Å². The molecule has 0 amide bonds. The quantitative estimate of drug-likeness (QED) is 0.518. The SMILES string of the molecule is CCCCCC(Cl)C(C)c1ccccn1. The first kappa shape index (κ1) is 12.5. The molecule has 0 radical (unpaired) electrons. The van der Waals surface area contributed by atoms with E-state index in [1.165, 1.54) is 19.3 Å². The normalized spacial score (nSPS) is 14.9. The van der Waals surface area contributed by atoms with E-state index in [2.05, 4.69) is 24.9 Å². The summed E-state index contributed by atoms with van der Waals surface area (Å²) in [4.78, 5) is 4.34. The Morgan fingerprint density at radius 3 is 2.73 bits per heavy atom. The van der Waals surface area contributed by atoms with Crippen LogP contribution in [0.5, 0.6) is 0 Å². The van der Waals surface area contributed by atoms with Crippen molar-refractivity contribution in [2.75, 3.05) is 0 Å². The fourth-order valence-electron chi connectivity index (χ4n) is 1.67. The van der Waals surface area contributed by atoms with Gasteiger partial charge in [0.1, 0.15) is 0 Å². The third kappa shape index (κ3) is 4.21. The second-order valence-corrected chi connectivity index (χ2v) is 4.62. The zero-order valence-corrected chi connectivity index (χ0v) is 10.4. The molecule has 0 N–H and O–H groups in total. The van der Waals surface area contributed by atoms with Gasteiger partial charge in [-0.2, -0.15) is 0 Å². The number of alkyl halides is 1. The number of hydrogen-bond donors (Lipinski definition) is 0. The maximum absolute atomic E-state index is 6.36. The van der Waals surface area contributed by atoms with Crippen LogP contribution in [0, 0.1) is 0 Å². The van der Waals surface area contributed by atoms with Crippen molar-refractivity contribution in [3.05, 3.63) is 30.1 Å². The van der Waals surface area contributed by atoms with Gasteiger partial charge in [0.25, 0.3) is 0 Å². The summed E-state index contributed by atoms with van der Waals surface area (Å²) in [6.07, 6.45) is 6.68. The van der Waals surface area contributed by atoms with Crippen LogP contribution in [0.4, 0.5) is 0 Å². The molecule has 1 aromatic heterocycles. The number of halogens is 1. The van der Waals surface area contributed by atoms with Gasteiger partial charge in [0.15, 0.2) is 0 Å². The molecule has 1 aromatic rings. The molecule has 2 atom stereocenters. The largest absolute Gasteiger partial charge is 0.261 e. The van der Waals surface area contributed by atoms with Crippen LogP contribution in [-0.4, -0.2) is 10.4 Å². The molecular formula is C13H20ClN. The number of rotatable bonds is 6. The van der Waals surface area contributed by atoms with Crippen molar-refractivity contribution in [2.24, 2.45) is 0 Å². The first-order chi connectivity index (χ1) is 7.25. The van der Waals surface area contributed by atoms with Gasteiger partial charge in [0, 0.05) is 23.2 Å². The van der Waals surface area contributed by atoms with Gasteiger partial charge in [-0.15, -0.1) is 11.6 Å². The Bertz CT molecular complexity index is 260. The standard InChI is InChI=1S/C13H20ClN/c1-3-4-5-8-12(14)11(2)13-9-6-7-10-15-13/h6-7,9-12H,3-5,8H2,1-2H3. The lowest BCUT2D eigenvalue weighted by molar-refractivity contribution is 0.579. The third-order valence-electron chi connectivity index (χ3n) is 2.78. The minimum atomic E-state index is 0.214. The van der Waals surface area contributed by atoms with Gasteiger partial charge in [-0.25, -0.2) is 0 Å². The van der Waals surface area contributed by atoms with Gasteiger partial charge in [-0.1, -0.05) is 39.2 Å². The molecule has 0 aromatic carbocycles. The molecule has 2 heteroatoms. The number of unbranched alkanes of at least 4 members (excludes halogenated alkanes) is 2. The van der Waals surface area contributed by atoms with Crippen molar-refractivity contribution >= 4 is 11.6 Å². The molecule has 0 saturated carbocycles. The van der Waals surface area contributed by atoms with Crippen molar-refractivity contribution in [1.82, 2.24) is 4.98 Å². The zero-order chi connectivity index (χ0) is 11.1. The Morgan fingerprint density at radius 2 is 2.13 bits per heavy atom. The molecule has 0 bridgehead atoms. The van der Waals surface area contributed by atoms with E-state index in [1.54, 1.807) is 0 Å². The summed E-state index contributed by atoms with van der Waals surface area (Å²) in [5.74, 6) is 0.352. The fraction of sp³-hybridized carbons (Fsp3) is 0.615. The Labute approximate surface area is 97.9 Å². The lowest BCUT2D eigenvalue weighted by Gasteiger charge is -2.17. The highest BCUT2D eigenvalue weighted by atomic mass is 35.5. The highest BCUT2D eigenvalue weighted by molar-refractivity contribution is 6.21. The minimum absolute atomic E-state index is 0.214. The van der Waals surface area contributed by atoms with E-state index in [-0.39, 0.29) is 5.38 Å². The van der Waals surface area contributed by atoms with Crippen molar-refractivity contribution in [1.29, 1.82) is 0 Å². The molecule has 0 aliphatic carbocycles. The highest BCUT2D eigenvalue weighted by Crippen LogP contribution is 2.25. The number of aromatic nitrogens is 1. The smallest absolute Gasteiger partial charge is 0.0446 e. The molecular weight excluding hydrogens is 206 g/mol. The van der Waals surface area contributed by atoms with Gasteiger partial charge >= 0.3 is 0 Å². The summed E-state index contributed by atoms with van der Waals surface area (Å²) in [6, 6.07) is 6.02. The van der Waals surface area contributed by atoms with Crippen LogP contribution in [0.3, 0.4) is 0 Å². The molecule has 0 aliphatic heterocycles. The fourth-order valence-corrected chi connectivity index (χ4v) is 1.95. The monoisotopic (exact) mass is 225 g/mol. The third-order valence-corrected chi connectivity index (χ3v) is 3.38. The first-order valence-electron chi connectivity index (χ1n) is 5.80. The van der Waals surface area contributed by atoms with Crippen molar-refractivity contribution in [2.45, 2.75) is 50.8 Å². The van der Waals surface area contributed by atoms with Gasteiger partial charge in [-0.05, 0) is 18.6 Å². The van der Waals surface area contributed by atoms with Crippen LogP contribution in [0.15, 0.2) is 24.4 Å². The molecule has 2 unspecified atom stereocenters. The number of pyridine rings is 1.